The van der Waals surface area contributed by atoms with Crippen LogP contribution in [0.15, 0.2) is 53.8 Å². The number of nitrogens with one attached hydrogen (secondary N) is 2. The molecule has 0 bridgehead atoms. The molecule has 130 valence electrons. The zero-order chi connectivity index (χ0) is 18.1. The van der Waals surface area contributed by atoms with Crippen molar-refractivity contribution in [2.45, 2.75) is 13.3 Å². The van der Waals surface area contributed by atoms with Gasteiger partial charge in [0.05, 0.1) is 11.2 Å². The number of halogens is 1. The van der Waals surface area contributed by atoms with Gasteiger partial charge in [-0.15, -0.1) is 0 Å². The number of para-hydroxylation sites is 1. The molecule has 2 heterocycles. The van der Waals surface area contributed by atoms with Crippen molar-refractivity contribution in [1.29, 1.82) is 0 Å². The third kappa shape index (κ3) is 2.87. The lowest BCUT2D eigenvalue weighted by molar-refractivity contribution is 0.872. The van der Waals surface area contributed by atoms with E-state index >= 15 is 0 Å². The van der Waals surface area contributed by atoms with Crippen molar-refractivity contribution in [3.05, 3.63) is 69.6 Å². The first-order chi connectivity index (χ1) is 12.7. The van der Waals surface area contributed by atoms with E-state index in [9.17, 15) is 0 Å². The summed E-state index contributed by atoms with van der Waals surface area (Å²) in [6.07, 6.45) is 4.70. The maximum absolute atomic E-state index is 6.29. The summed E-state index contributed by atoms with van der Waals surface area (Å²) in [5.41, 5.74) is 4.17. The molecule has 2 aromatic heterocycles. The lowest BCUT2D eigenvalue weighted by Gasteiger charge is -2.03. The summed E-state index contributed by atoms with van der Waals surface area (Å²) in [5, 5.41) is 13.3. The van der Waals surface area contributed by atoms with Crippen LogP contribution in [0.5, 0.6) is 0 Å². The van der Waals surface area contributed by atoms with E-state index in [1.54, 1.807) is 10.9 Å². The van der Waals surface area contributed by atoms with Crippen LogP contribution in [-0.2, 0) is 6.42 Å². The molecule has 0 amide bonds. The number of hydrogen-bond acceptors (Lipinski definition) is 3. The Labute approximate surface area is 160 Å². The van der Waals surface area contributed by atoms with Gasteiger partial charge >= 0.3 is 0 Å². The van der Waals surface area contributed by atoms with Crippen LogP contribution >= 0.6 is 23.8 Å². The smallest absolute Gasteiger partial charge is 0.216 e. The molecule has 0 radical (unpaired) electrons. The number of aryl methyl sites for hydroxylation is 1. The summed E-state index contributed by atoms with van der Waals surface area (Å²) < 4.78 is 1.99. The number of fused-ring (bicyclic) bond motifs is 1. The molecule has 0 saturated carbocycles. The zero-order valence-electron chi connectivity index (χ0n) is 14.0. The van der Waals surface area contributed by atoms with E-state index in [-0.39, 0.29) is 0 Å². The summed E-state index contributed by atoms with van der Waals surface area (Å²) >= 11 is 11.6. The van der Waals surface area contributed by atoms with Gasteiger partial charge in [-0.05, 0) is 36.3 Å². The van der Waals surface area contributed by atoms with Gasteiger partial charge in [0.1, 0.15) is 0 Å². The minimum Gasteiger partial charge on any atom is -0.360 e. The molecule has 0 unspecified atom stereocenters. The van der Waals surface area contributed by atoms with Crippen molar-refractivity contribution in [2.75, 3.05) is 0 Å². The molecule has 4 rings (SSSR count). The SMILES string of the molecule is CCc1cccc2c(C=Nn3c(-c4ccccc4Cl)n[nH]c3=S)c[nH]c12. The number of rotatable bonds is 4. The van der Waals surface area contributed by atoms with Gasteiger partial charge in [0.2, 0.25) is 4.77 Å². The van der Waals surface area contributed by atoms with Gasteiger partial charge in [-0.3, -0.25) is 0 Å². The summed E-state index contributed by atoms with van der Waals surface area (Å²) in [5.74, 6) is 0.575. The van der Waals surface area contributed by atoms with Gasteiger partial charge in [-0.25, -0.2) is 5.10 Å². The molecule has 0 aliphatic rings. The van der Waals surface area contributed by atoms with Crippen LogP contribution in [0.2, 0.25) is 5.02 Å². The Bertz CT molecular complexity index is 1170. The van der Waals surface area contributed by atoms with E-state index in [2.05, 4.69) is 45.4 Å². The molecule has 26 heavy (non-hydrogen) atoms. The average Bonchev–Trinajstić information content (AvgIpc) is 3.24. The standard InChI is InChI=1S/C19H16ClN5S/c1-2-12-6-5-8-14-13(10-21-17(12)14)11-22-25-18(23-24-19(25)26)15-7-3-4-9-16(15)20/h3-11,21H,2H2,1H3,(H,24,26). The molecule has 5 nitrogen and oxygen atoms in total. The van der Waals surface area contributed by atoms with Crippen molar-refractivity contribution >= 4 is 40.9 Å². The van der Waals surface area contributed by atoms with Crippen molar-refractivity contribution in [3.8, 4) is 11.4 Å². The van der Waals surface area contributed by atoms with Crippen LogP contribution in [0.1, 0.15) is 18.1 Å². The summed E-state index contributed by atoms with van der Waals surface area (Å²) in [7, 11) is 0. The second kappa shape index (κ2) is 6.90. The summed E-state index contributed by atoms with van der Waals surface area (Å²) in [6, 6.07) is 13.7. The number of hydrogen-bond donors (Lipinski definition) is 2. The zero-order valence-corrected chi connectivity index (χ0v) is 15.6. The molecule has 0 fully saturated rings. The van der Waals surface area contributed by atoms with Crippen molar-refractivity contribution in [3.63, 3.8) is 0 Å². The monoisotopic (exact) mass is 381 g/mol. The maximum atomic E-state index is 6.29. The Morgan fingerprint density at radius 2 is 2.08 bits per heavy atom. The second-order valence-corrected chi connectivity index (χ2v) is 6.62. The van der Waals surface area contributed by atoms with Crippen molar-refractivity contribution in [1.82, 2.24) is 19.9 Å². The van der Waals surface area contributed by atoms with Crippen LogP contribution in [0, 0.1) is 4.77 Å². The fraction of sp³-hybridized carbons (Fsp3) is 0.105. The predicted octanol–water partition coefficient (Wildman–Crippen LogP) is 5.19. The van der Waals surface area contributed by atoms with Gasteiger partial charge in [0.25, 0.3) is 0 Å². The van der Waals surface area contributed by atoms with Crippen LogP contribution in [0.4, 0.5) is 0 Å². The third-order valence-electron chi connectivity index (χ3n) is 4.29. The minimum absolute atomic E-state index is 0.408. The molecular formula is C19H16ClN5S. The van der Waals surface area contributed by atoms with E-state index in [1.807, 2.05) is 30.5 Å². The lowest BCUT2D eigenvalue weighted by Crippen LogP contribution is -1.95. The van der Waals surface area contributed by atoms with Crippen LogP contribution in [0.25, 0.3) is 22.3 Å². The quantitative estimate of drug-likeness (QED) is 0.377. The first-order valence-corrected chi connectivity index (χ1v) is 9.03. The molecular weight excluding hydrogens is 366 g/mol. The van der Waals surface area contributed by atoms with E-state index in [1.165, 1.54) is 5.56 Å². The molecule has 2 aromatic carbocycles. The maximum Gasteiger partial charge on any atom is 0.216 e. The van der Waals surface area contributed by atoms with Gasteiger partial charge in [-0.2, -0.15) is 14.9 Å². The largest absolute Gasteiger partial charge is 0.360 e. The Morgan fingerprint density at radius 1 is 1.23 bits per heavy atom. The highest BCUT2D eigenvalue weighted by molar-refractivity contribution is 7.71. The normalized spacial score (nSPS) is 11.6. The van der Waals surface area contributed by atoms with Crippen LogP contribution in [-0.4, -0.2) is 26.1 Å². The summed E-state index contributed by atoms with van der Waals surface area (Å²) in [4.78, 5) is 3.34. The molecule has 0 saturated heterocycles. The molecule has 0 aliphatic carbocycles. The lowest BCUT2D eigenvalue weighted by atomic mass is 10.1. The van der Waals surface area contributed by atoms with Crippen LogP contribution in [0.3, 0.4) is 0 Å². The molecule has 0 spiro atoms. The predicted molar refractivity (Wildman–Crippen MR) is 109 cm³/mol. The third-order valence-corrected chi connectivity index (χ3v) is 4.89. The minimum atomic E-state index is 0.408. The number of H-pyrrole nitrogens is 2. The van der Waals surface area contributed by atoms with E-state index < -0.39 is 0 Å². The topological polar surface area (TPSA) is 61.8 Å². The fourth-order valence-electron chi connectivity index (χ4n) is 2.98. The van der Waals surface area contributed by atoms with E-state index in [0.717, 1.165) is 28.5 Å². The Morgan fingerprint density at radius 3 is 2.88 bits per heavy atom. The molecule has 0 atom stereocenters. The number of benzene rings is 2. The second-order valence-electron chi connectivity index (χ2n) is 5.83. The molecule has 2 N–H and O–H groups in total. The first-order valence-electron chi connectivity index (χ1n) is 8.24. The fourth-order valence-corrected chi connectivity index (χ4v) is 3.38. The highest BCUT2D eigenvalue weighted by atomic mass is 35.5. The first kappa shape index (κ1) is 16.8. The van der Waals surface area contributed by atoms with E-state index in [4.69, 9.17) is 23.8 Å². The van der Waals surface area contributed by atoms with Gasteiger partial charge < -0.3 is 4.98 Å². The Kier molecular flexibility index (Phi) is 4.44. The number of aromatic amines is 2. The van der Waals surface area contributed by atoms with Gasteiger partial charge in [0.15, 0.2) is 5.82 Å². The summed E-state index contributed by atoms with van der Waals surface area (Å²) in [6.45, 7) is 2.14. The highest BCUT2D eigenvalue weighted by Gasteiger charge is 2.11. The molecule has 4 aromatic rings. The van der Waals surface area contributed by atoms with Gasteiger partial charge in [-0.1, -0.05) is 48.9 Å². The molecule has 0 aliphatic heterocycles. The number of aromatic nitrogens is 4. The molecule has 7 heteroatoms. The van der Waals surface area contributed by atoms with Crippen LogP contribution < -0.4 is 0 Å². The Balaban J connectivity index is 1.79. The Hall–Kier alpha value is -2.70. The average molecular weight is 382 g/mol. The van der Waals surface area contributed by atoms with Gasteiger partial charge in [0, 0.05) is 28.2 Å². The number of nitrogens with zero attached hydrogens (tertiary/aromatic N) is 3. The van der Waals surface area contributed by atoms with Crippen molar-refractivity contribution in [2.24, 2.45) is 5.10 Å². The van der Waals surface area contributed by atoms with Crippen molar-refractivity contribution < 1.29 is 0 Å². The van der Waals surface area contributed by atoms with E-state index in [0.29, 0.717) is 15.6 Å². The highest BCUT2D eigenvalue weighted by Crippen LogP contribution is 2.26.